The lowest BCUT2D eigenvalue weighted by Gasteiger charge is -2.40. The Hall–Kier alpha value is -0.130. The van der Waals surface area contributed by atoms with Crippen LogP contribution in [-0.2, 0) is 10.0 Å². The number of hydrogen-bond acceptors (Lipinski definition) is 3. The Morgan fingerprint density at radius 1 is 1.00 bits per heavy atom. The van der Waals surface area contributed by atoms with Gasteiger partial charge in [-0.15, -0.1) is 0 Å². The molecule has 0 amide bonds. The minimum absolute atomic E-state index is 0.279. The van der Waals surface area contributed by atoms with E-state index in [0.29, 0.717) is 18.5 Å². The first-order chi connectivity index (χ1) is 9.15. The van der Waals surface area contributed by atoms with Gasteiger partial charge >= 0.3 is 0 Å². The first-order valence-electron chi connectivity index (χ1n) is 7.86. The average Bonchev–Trinajstić information content (AvgIpc) is 3.22. The summed E-state index contributed by atoms with van der Waals surface area (Å²) in [7, 11) is -3.03. The number of sulfonamides is 1. The Kier molecular flexibility index (Phi) is 4.15. The number of hydrogen-bond donors (Lipinski definition) is 1. The molecular weight excluding hydrogens is 260 g/mol. The Bertz CT molecular complexity index is 406. The predicted octanol–water partition coefficient (Wildman–Crippen LogP) is 1.58. The van der Waals surface area contributed by atoms with E-state index in [9.17, 15) is 8.42 Å². The Balaban J connectivity index is 1.52. The number of nitrogens with one attached hydrogen (secondary N) is 1. The molecule has 2 saturated carbocycles. The zero-order chi connectivity index (χ0) is 13.3. The van der Waals surface area contributed by atoms with Crippen LogP contribution in [0.1, 0.15) is 44.9 Å². The molecule has 2 unspecified atom stereocenters. The number of nitrogens with zero attached hydrogens (tertiary/aromatic N) is 1. The van der Waals surface area contributed by atoms with Crippen LogP contribution < -0.4 is 5.32 Å². The zero-order valence-corrected chi connectivity index (χ0v) is 12.5. The van der Waals surface area contributed by atoms with Gasteiger partial charge in [0.2, 0.25) is 10.0 Å². The van der Waals surface area contributed by atoms with Gasteiger partial charge in [-0.25, -0.2) is 12.7 Å². The summed E-state index contributed by atoms with van der Waals surface area (Å²) < 4.78 is 26.5. The van der Waals surface area contributed by atoms with Crippen LogP contribution in [0.3, 0.4) is 0 Å². The third-order valence-corrected chi connectivity index (χ3v) is 6.86. The van der Waals surface area contributed by atoms with Gasteiger partial charge in [0.05, 0.1) is 5.75 Å². The Morgan fingerprint density at radius 3 is 2.47 bits per heavy atom. The fourth-order valence-electron chi connectivity index (χ4n) is 3.63. The maximum absolute atomic E-state index is 12.3. The van der Waals surface area contributed by atoms with Crippen molar-refractivity contribution >= 4 is 10.0 Å². The van der Waals surface area contributed by atoms with Crippen molar-refractivity contribution in [2.75, 3.05) is 25.4 Å². The third kappa shape index (κ3) is 3.50. The highest BCUT2D eigenvalue weighted by Gasteiger charge is 2.35. The minimum atomic E-state index is -3.03. The molecule has 2 atom stereocenters. The van der Waals surface area contributed by atoms with Gasteiger partial charge in [0.15, 0.2) is 0 Å². The molecule has 19 heavy (non-hydrogen) atoms. The Labute approximate surface area is 117 Å². The van der Waals surface area contributed by atoms with Crippen LogP contribution in [0.5, 0.6) is 0 Å². The molecule has 0 bridgehead atoms. The van der Waals surface area contributed by atoms with E-state index in [-0.39, 0.29) is 5.75 Å². The number of piperidine rings is 1. The topological polar surface area (TPSA) is 49.4 Å². The smallest absolute Gasteiger partial charge is 0.215 e. The summed E-state index contributed by atoms with van der Waals surface area (Å²) >= 11 is 0. The quantitative estimate of drug-likeness (QED) is 0.835. The van der Waals surface area contributed by atoms with Crippen molar-refractivity contribution in [3.8, 4) is 0 Å². The van der Waals surface area contributed by atoms with E-state index < -0.39 is 10.0 Å². The lowest BCUT2D eigenvalue weighted by molar-refractivity contribution is 0.136. The lowest BCUT2D eigenvalue weighted by Crippen LogP contribution is -2.46. The summed E-state index contributed by atoms with van der Waals surface area (Å²) in [6.45, 7) is 2.17. The molecule has 1 saturated heterocycles. The lowest BCUT2D eigenvalue weighted by atomic mass is 9.76. The molecule has 0 radical (unpaired) electrons. The van der Waals surface area contributed by atoms with E-state index in [1.54, 1.807) is 4.31 Å². The Morgan fingerprint density at radius 2 is 1.74 bits per heavy atom. The highest BCUT2D eigenvalue weighted by atomic mass is 32.2. The molecule has 1 N–H and O–H groups in total. The monoisotopic (exact) mass is 286 g/mol. The third-order valence-electron chi connectivity index (χ3n) is 5.02. The van der Waals surface area contributed by atoms with Gasteiger partial charge in [0.25, 0.3) is 0 Å². The van der Waals surface area contributed by atoms with Gasteiger partial charge in [0, 0.05) is 25.7 Å². The van der Waals surface area contributed by atoms with Crippen molar-refractivity contribution in [1.29, 1.82) is 0 Å². The average molecular weight is 286 g/mol. The van der Waals surface area contributed by atoms with Gasteiger partial charge in [-0.2, -0.15) is 0 Å². The molecule has 1 aliphatic heterocycles. The summed E-state index contributed by atoms with van der Waals surface area (Å²) in [5, 5.41) is 3.30. The molecule has 0 aromatic rings. The standard InChI is InChI=1S/C14H26N2O2S/c17-19(18,10-8-15-14-5-6-14)16-9-7-12-3-1-2-4-13(12)11-16/h12-15H,1-11H2. The van der Waals surface area contributed by atoms with E-state index in [1.165, 1.54) is 38.5 Å². The number of fused-ring (bicyclic) bond motifs is 1. The summed E-state index contributed by atoms with van der Waals surface area (Å²) in [5.74, 6) is 1.71. The van der Waals surface area contributed by atoms with Crippen molar-refractivity contribution in [3.63, 3.8) is 0 Å². The molecule has 1 heterocycles. The molecule has 3 rings (SSSR count). The molecular formula is C14H26N2O2S. The first-order valence-corrected chi connectivity index (χ1v) is 9.47. The molecule has 3 aliphatic rings. The van der Waals surface area contributed by atoms with Crippen LogP contribution in [0, 0.1) is 11.8 Å². The fraction of sp³-hybridized carbons (Fsp3) is 1.00. The van der Waals surface area contributed by atoms with E-state index >= 15 is 0 Å². The maximum atomic E-state index is 12.3. The van der Waals surface area contributed by atoms with Crippen LogP contribution in [0.25, 0.3) is 0 Å². The van der Waals surface area contributed by atoms with Gasteiger partial charge in [0.1, 0.15) is 0 Å². The number of rotatable bonds is 5. The highest BCUT2D eigenvalue weighted by molar-refractivity contribution is 7.89. The summed E-state index contributed by atoms with van der Waals surface area (Å²) in [6.07, 6.45) is 8.71. The molecule has 0 aromatic heterocycles. The summed E-state index contributed by atoms with van der Waals surface area (Å²) in [6, 6.07) is 0.597. The van der Waals surface area contributed by atoms with Crippen molar-refractivity contribution in [1.82, 2.24) is 9.62 Å². The van der Waals surface area contributed by atoms with E-state index in [0.717, 1.165) is 25.4 Å². The van der Waals surface area contributed by atoms with Gasteiger partial charge in [-0.1, -0.05) is 19.3 Å². The molecule has 3 fully saturated rings. The van der Waals surface area contributed by atoms with Crippen LogP contribution in [-0.4, -0.2) is 44.2 Å². The second-order valence-electron chi connectivity index (χ2n) is 6.50. The van der Waals surface area contributed by atoms with Crippen molar-refractivity contribution in [2.45, 2.75) is 51.0 Å². The van der Waals surface area contributed by atoms with Crippen LogP contribution in [0.4, 0.5) is 0 Å². The SMILES string of the molecule is O=S(=O)(CCNC1CC1)N1CCC2CCCCC2C1. The fourth-order valence-corrected chi connectivity index (χ4v) is 5.06. The van der Waals surface area contributed by atoms with Crippen molar-refractivity contribution < 1.29 is 8.42 Å². The predicted molar refractivity (Wildman–Crippen MR) is 76.4 cm³/mol. The minimum Gasteiger partial charge on any atom is -0.313 e. The molecule has 5 heteroatoms. The van der Waals surface area contributed by atoms with Crippen molar-refractivity contribution in [3.05, 3.63) is 0 Å². The van der Waals surface area contributed by atoms with Gasteiger partial charge in [-0.05, 0) is 37.5 Å². The molecule has 2 aliphatic carbocycles. The van der Waals surface area contributed by atoms with E-state index in [1.807, 2.05) is 0 Å². The normalized spacial score (nSPS) is 33.1. The zero-order valence-electron chi connectivity index (χ0n) is 11.7. The van der Waals surface area contributed by atoms with E-state index in [2.05, 4.69) is 5.32 Å². The molecule has 110 valence electrons. The second-order valence-corrected chi connectivity index (χ2v) is 8.58. The highest BCUT2D eigenvalue weighted by Crippen LogP contribution is 2.36. The molecule has 0 spiro atoms. The van der Waals surface area contributed by atoms with Crippen molar-refractivity contribution in [2.24, 2.45) is 11.8 Å². The maximum Gasteiger partial charge on any atom is 0.215 e. The molecule has 0 aromatic carbocycles. The van der Waals surface area contributed by atoms with E-state index in [4.69, 9.17) is 0 Å². The summed E-state index contributed by atoms with van der Waals surface area (Å²) in [4.78, 5) is 0. The van der Waals surface area contributed by atoms with Crippen LogP contribution in [0.15, 0.2) is 0 Å². The largest absolute Gasteiger partial charge is 0.313 e. The summed E-state index contributed by atoms with van der Waals surface area (Å²) in [5.41, 5.74) is 0. The van der Waals surface area contributed by atoms with Crippen LogP contribution >= 0.6 is 0 Å². The second kappa shape index (κ2) is 5.70. The molecule has 4 nitrogen and oxygen atoms in total. The van der Waals surface area contributed by atoms with Crippen LogP contribution in [0.2, 0.25) is 0 Å². The van der Waals surface area contributed by atoms with Gasteiger partial charge in [-0.3, -0.25) is 0 Å². The first kappa shape index (κ1) is 13.8. The van der Waals surface area contributed by atoms with Gasteiger partial charge < -0.3 is 5.32 Å².